The summed E-state index contributed by atoms with van der Waals surface area (Å²) in [6.45, 7) is 7.52. The van der Waals surface area contributed by atoms with Crippen molar-refractivity contribution in [3.8, 4) is 5.75 Å². The number of hydrogen-bond donors (Lipinski definition) is 2. The second-order valence-electron chi connectivity index (χ2n) is 8.27. The normalized spacial score (nSPS) is 15.5. The van der Waals surface area contributed by atoms with Gasteiger partial charge in [-0.3, -0.25) is 9.52 Å². The number of nitrogens with one attached hydrogen (secondary N) is 2. The van der Waals surface area contributed by atoms with Crippen LogP contribution in [0, 0.1) is 20.8 Å². The number of nitrogens with zero attached hydrogens (tertiary/aromatic N) is 1. The maximum absolute atomic E-state index is 12.8. The molecule has 1 heterocycles. The number of hydrogen-bond acceptors (Lipinski definition) is 5. The summed E-state index contributed by atoms with van der Waals surface area (Å²) >= 11 is 0. The van der Waals surface area contributed by atoms with E-state index in [1.807, 2.05) is 19.9 Å². The van der Waals surface area contributed by atoms with Crippen LogP contribution in [0.5, 0.6) is 5.75 Å². The lowest BCUT2D eigenvalue weighted by molar-refractivity contribution is -0.124. The molecule has 0 saturated carbocycles. The monoisotopic (exact) mass is 445 g/mol. The highest BCUT2D eigenvalue weighted by molar-refractivity contribution is 7.92. The number of amides is 1. The molecule has 8 heteroatoms. The predicted molar refractivity (Wildman–Crippen MR) is 122 cm³/mol. The highest BCUT2D eigenvalue weighted by Gasteiger charge is 2.19. The van der Waals surface area contributed by atoms with E-state index >= 15 is 0 Å². The van der Waals surface area contributed by atoms with Gasteiger partial charge in [0.1, 0.15) is 5.75 Å². The van der Waals surface area contributed by atoms with Gasteiger partial charge < -0.3 is 15.0 Å². The molecule has 0 bridgehead atoms. The lowest BCUT2D eigenvalue weighted by Gasteiger charge is -2.29. The zero-order valence-electron chi connectivity index (χ0n) is 18.6. The smallest absolute Gasteiger partial charge is 0.261 e. The fourth-order valence-electron chi connectivity index (χ4n) is 3.54. The van der Waals surface area contributed by atoms with Crippen molar-refractivity contribution in [1.29, 1.82) is 0 Å². The van der Waals surface area contributed by atoms with E-state index in [1.165, 1.54) is 6.07 Å². The Kier molecular flexibility index (Phi) is 7.23. The van der Waals surface area contributed by atoms with Crippen LogP contribution in [0.4, 0.5) is 5.69 Å². The second kappa shape index (κ2) is 9.70. The molecule has 0 spiro atoms. The van der Waals surface area contributed by atoms with E-state index in [9.17, 15) is 13.2 Å². The first-order valence-corrected chi connectivity index (χ1v) is 11.9. The summed E-state index contributed by atoms with van der Waals surface area (Å²) in [7, 11) is -1.65. The van der Waals surface area contributed by atoms with Crippen molar-refractivity contribution in [2.45, 2.75) is 44.6 Å². The van der Waals surface area contributed by atoms with E-state index in [1.54, 1.807) is 31.2 Å². The molecule has 0 unspecified atom stereocenters. The van der Waals surface area contributed by atoms with E-state index in [4.69, 9.17) is 4.74 Å². The maximum Gasteiger partial charge on any atom is 0.261 e. The van der Waals surface area contributed by atoms with Gasteiger partial charge in [-0.15, -0.1) is 0 Å². The van der Waals surface area contributed by atoms with E-state index in [-0.39, 0.29) is 23.5 Å². The van der Waals surface area contributed by atoms with Gasteiger partial charge >= 0.3 is 0 Å². The number of ether oxygens (including phenoxy) is 1. The average Bonchev–Trinajstić information content (AvgIpc) is 2.71. The molecular weight excluding hydrogens is 414 g/mol. The number of sulfonamides is 1. The quantitative estimate of drug-likeness (QED) is 0.684. The van der Waals surface area contributed by atoms with E-state index in [0.29, 0.717) is 17.0 Å². The van der Waals surface area contributed by atoms with Gasteiger partial charge in [0.15, 0.2) is 6.61 Å². The van der Waals surface area contributed by atoms with Crippen molar-refractivity contribution >= 4 is 21.6 Å². The topological polar surface area (TPSA) is 87.7 Å². The number of anilines is 1. The largest absolute Gasteiger partial charge is 0.484 e. The molecule has 0 aliphatic carbocycles. The van der Waals surface area contributed by atoms with Gasteiger partial charge in [0.05, 0.1) is 4.90 Å². The Hall–Kier alpha value is -2.58. The first kappa shape index (κ1) is 23.1. The average molecular weight is 446 g/mol. The molecule has 0 aromatic heterocycles. The summed E-state index contributed by atoms with van der Waals surface area (Å²) in [6, 6.07) is 10.2. The van der Waals surface area contributed by atoms with E-state index in [0.717, 1.165) is 37.1 Å². The fraction of sp³-hybridized carbons (Fsp3) is 0.435. The van der Waals surface area contributed by atoms with E-state index in [2.05, 4.69) is 22.0 Å². The van der Waals surface area contributed by atoms with Crippen molar-refractivity contribution in [2.24, 2.45) is 0 Å². The van der Waals surface area contributed by atoms with Crippen LogP contribution in [0.25, 0.3) is 0 Å². The molecule has 1 aliphatic heterocycles. The fourth-order valence-corrected chi connectivity index (χ4v) is 4.67. The summed E-state index contributed by atoms with van der Waals surface area (Å²) < 4.78 is 33.8. The van der Waals surface area contributed by atoms with Crippen molar-refractivity contribution in [2.75, 3.05) is 31.5 Å². The molecule has 2 aromatic rings. The zero-order chi connectivity index (χ0) is 22.6. The Balaban J connectivity index is 1.59. The number of benzene rings is 2. The molecule has 0 atom stereocenters. The third-order valence-corrected chi connectivity index (χ3v) is 7.04. The van der Waals surface area contributed by atoms with Crippen LogP contribution in [-0.2, 0) is 14.8 Å². The summed E-state index contributed by atoms with van der Waals surface area (Å²) in [4.78, 5) is 14.6. The van der Waals surface area contributed by atoms with Crippen molar-refractivity contribution < 1.29 is 17.9 Å². The van der Waals surface area contributed by atoms with E-state index < -0.39 is 10.0 Å². The van der Waals surface area contributed by atoms with Crippen LogP contribution in [0.3, 0.4) is 0 Å². The van der Waals surface area contributed by atoms with Gasteiger partial charge in [0.2, 0.25) is 0 Å². The Morgan fingerprint density at radius 2 is 1.74 bits per heavy atom. The highest BCUT2D eigenvalue weighted by atomic mass is 32.2. The molecule has 1 amide bonds. The molecule has 1 aliphatic rings. The van der Waals surface area contributed by atoms with Crippen LogP contribution in [0.1, 0.15) is 29.5 Å². The third-order valence-electron chi connectivity index (χ3n) is 5.66. The zero-order valence-corrected chi connectivity index (χ0v) is 19.4. The van der Waals surface area contributed by atoms with Gasteiger partial charge in [0.25, 0.3) is 15.9 Å². The first-order chi connectivity index (χ1) is 14.6. The number of likely N-dealkylation sites (tertiary alicyclic amines) is 1. The minimum absolute atomic E-state index is 0.0971. The maximum atomic E-state index is 12.8. The Morgan fingerprint density at radius 1 is 1.03 bits per heavy atom. The van der Waals surface area contributed by atoms with Crippen LogP contribution >= 0.6 is 0 Å². The molecule has 31 heavy (non-hydrogen) atoms. The number of carbonyl (C=O) groups excluding carboxylic acids is 1. The first-order valence-electron chi connectivity index (χ1n) is 10.5. The standard InChI is InChI=1S/C23H31N3O4S/c1-16-5-6-20(13-17(16)2)25-31(28,29)21-7-8-22(18(3)14-21)30-15-23(27)24-19-9-11-26(4)12-10-19/h5-8,13-14,19,25H,9-12,15H2,1-4H3,(H,24,27). The van der Waals surface area contributed by atoms with Gasteiger partial charge in [0, 0.05) is 11.7 Å². The minimum atomic E-state index is -3.73. The molecule has 2 N–H and O–H groups in total. The lowest BCUT2D eigenvalue weighted by atomic mass is 10.1. The van der Waals surface area contributed by atoms with Crippen molar-refractivity contribution in [3.63, 3.8) is 0 Å². The SMILES string of the molecule is Cc1ccc(NS(=O)(=O)c2ccc(OCC(=O)NC3CCN(C)CC3)c(C)c2)cc1C. The van der Waals surface area contributed by atoms with Crippen LogP contribution in [0.15, 0.2) is 41.3 Å². The number of piperidine rings is 1. The lowest BCUT2D eigenvalue weighted by Crippen LogP contribution is -2.44. The molecule has 168 valence electrons. The molecule has 7 nitrogen and oxygen atoms in total. The second-order valence-corrected chi connectivity index (χ2v) is 9.95. The Bertz CT molecular complexity index is 1040. The Labute approximate surface area is 184 Å². The van der Waals surface area contributed by atoms with Gasteiger partial charge in [-0.1, -0.05) is 6.07 Å². The summed E-state index contributed by atoms with van der Waals surface area (Å²) in [5, 5.41) is 3.00. The molecule has 0 radical (unpaired) electrons. The molecule has 1 fully saturated rings. The molecular formula is C23H31N3O4S. The van der Waals surface area contributed by atoms with Gasteiger partial charge in [-0.05, 0) is 101 Å². The highest BCUT2D eigenvalue weighted by Crippen LogP contribution is 2.24. The predicted octanol–water partition coefficient (Wildman–Crippen LogP) is 3.00. The van der Waals surface area contributed by atoms with Gasteiger partial charge in [-0.25, -0.2) is 8.42 Å². The number of rotatable bonds is 7. The molecule has 3 rings (SSSR count). The Morgan fingerprint density at radius 3 is 2.39 bits per heavy atom. The third kappa shape index (κ3) is 6.21. The summed E-state index contributed by atoms with van der Waals surface area (Å²) in [6.07, 6.45) is 1.86. The van der Waals surface area contributed by atoms with Crippen molar-refractivity contribution in [1.82, 2.24) is 10.2 Å². The molecule has 2 aromatic carbocycles. The van der Waals surface area contributed by atoms with Crippen LogP contribution < -0.4 is 14.8 Å². The summed E-state index contributed by atoms with van der Waals surface area (Å²) in [5.74, 6) is 0.325. The van der Waals surface area contributed by atoms with Crippen LogP contribution in [0.2, 0.25) is 0 Å². The minimum Gasteiger partial charge on any atom is -0.484 e. The van der Waals surface area contributed by atoms with Crippen molar-refractivity contribution in [3.05, 3.63) is 53.1 Å². The summed E-state index contributed by atoms with van der Waals surface area (Å²) in [5.41, 5.74) is 3.28. The van der Waals surface area contributed by atoms with Crippen LogP contribution in [-0.4, -0.2) is 52.0 Å². The molecule has 1 saturated heterocycles. The number of carbonyl (C=O) groups is 1. The number of aryl methyl sites for hydroxylation is 3. The van der Waals surface area contributed by atoms with Gasteiger partial charge in [-0.2, -0.15) is 0 Å².